The minimum atomic E-state index is -1.06. The molecule has 0 fully saturated rings. The van der Waals surface area contributed by atoms with E-state index < -0.39 is 10.8 Å². The molecule has 7 heteroatoms. The van der Waals surface area contributed by atoms with Crippen molar-refractivity contribution in [2.45, 2.75) is 19.4 Å². The number of aliphatic hydroxyl groups excluding tert-OH is 1. The van der Waals surface area contributed by atoms with Crippen LogP contribution in [0.2, 0.25) is 0 Å². The van der Waals surface area contributed by atoms with Crippen molar-refractivity contribution < 1.29 is 24.3 Å². The SMILES string of the molecule is Cc1cc2c(c([N+](=O)[O-])c1)OC(c1cccc(OCc3ccccc3)c1)=C(O)C2C=O. The molecule has 156 valence electrons. The lowest BCUT2D eigenvalue weighted by Crippen LogP contribution is -2.17. The van der Waals surface area contributed by atoms with Gasteiger partial charge in [-0.05, 0) is 30.2 Å². The number of carbonyl (C=O) groups is 1. The molecule has 1 unspecified atom stereocenters. The second kappa shape index (κ2) is 8.31. The Labute approximate surface area is 178 Å². The summed E-state index contributed by atoms with van der Waals surface area (Å²) in [5.74, 6) is -0.899. The third kappa shape index (κ3) is 3.98. The lowest BCUT2D eigenvalue weighted by atomic mass is 9.91. The lowest BCUT2D eigenvalue weighted by Gasteiger charge is -2.25. The lowest BCUT2D eigenvalue weighted by molar-refractivity contribution is -0.385. The summed E-state index contributed by atoms with van der Waals surface area (Å²) < 4.78 is 11.6. The van der Waals surface area contributed by atoms with E-state index in [9.17, 15) is 20.0 Å². The number of ether oxygens (including phenoxy) is 2. The van der Waals surface area contributed by atoms with E-state index in [1.54, 1.807) is 37.3 Å². The van der Waals surface area contributed by atoms with Crippen LogP contribution in [0.1, 0.15) is 28.2 Å². The van der Waals surface area contributed by atoms with Crippen LogP contribution in [0.25, 0.3) is 5.76 Å². The topological polar surface area (TPSA) is 98.9 Å². The molecule has 0 spiro atoms. The average Bonchev–Trinajstić information content (AvgIpc) is 2.77. The van der Waals surface area contributed by atoms with Crippen LogP contribution < -0.4 is 9.47 Å². The number of nitro groups is 1. The van der Waals surface area contributed by atoms with Gasteiger partial charge in [-0.3, -0.25) is 10.1 Å². The standard InChI is InChI=1S/C24H19NO6/c1-15-10-19-20(13-26)22(27)23(31-24(19)21(11-15)25(28)29)17-8-5-9-18(12-17)30-14-16-6-3-2-4-7-16/h2-13,20,27H,14H2,1H3. The summed E-state index contributed by atoms with van der Waals surface area (Å²) in [7, 11) is 0. The first-order chi connectivity index (χ1) is 15.0. The van der Waals surface area contributed by atoms with Crippen LogP contribution in [-0.2, 0) is 11.4 Å². The highest BCUT2D eigenvalue weighted by molar-refractivity contribution is 5.81. The zero-order chi connectivity index (χ0) is 22.0. The number of aldehydes is 1. The predicted octanol–water partition coefficient (Wildman–Crippen LogP) is 5.08. The Balaban J connectivity index is 1.70. The Kier molecular flexibility index (Phi) is 5.41. The van der Waals surface area contributed by atoms with Gasteiger partial charge in [0.2, 0.25) is 5.75 Å². The molecular formula is C24H19NO6. The molecule has 1 atom stereocenters. The van der Waals surface area contributed by atoms with Crippen molar-refractivity contribution in [2.24, 2.45) is 0 Å². The van der Waals surface area contributed by atoms with Crippen molar-refractivity contribution >= 4 is 17.7 Å². The smallest absolute Gasteiger partial charge is 0.312 e. The van der Waals surface area contributed by atoms with Crippen molar-refractivity contribution in [2.75, 3.05) is 0 Å². The molecule has 0 amide bonds. The van der Waals surface area contributed by atoms with Crippen LogP contribution in [0.5, 0.6) is 11.5 Å². The van der Waals surface area contributed by atoms with Gasteiger partial charge in [-0.2, -0.15) is 0 Å². The number of aryl methyl sites for hydroxylation is 1. The number of aliphatic hydroxyl groups is 1. The number of nitro benzene ring substituents is 1. The maximum atomic E-state index is 11.8. The van der Waals surface area contributed by atoms with E-state index >= 15 is 0 Å². The fourth-order valence-electron chi connectivity index (χ4n) is 3.51. The number of nitrogens with zero attached hydrogens (tertiary/aromatic N) is 1. The Morgan fingerprint density at radius 3 is 2.61 bits per heavy atom. The van der Waals surface area contributed by atoms with Gasteiger partial charge in [0.1, 0.15) is 24.6 Å². The van der Waals surface area contributed by atoms with E-state index in [0.717, 1.165) is 5.56 Å². The third-order valence-electron chi connectivity index (χ3n) is 4.99. The summed E-state index contributed by atoms with van der Waals surface area (Å²) in [5, 5.41) is 22.3. The first-order valence-corrected chi connectivity index (χ1v) is 9.60. The second-order valence-electron chi connectivity index (χ2n) is 7.19. The molecule has 0 aromatic heterocycles. The molecule has 0 bridgehead atoms. The van der Waals surface area contributed by atoms with Crippen molar-refractivity contribution in [3.63, 3.8) is 0 Å². The van der Waals surface area contributed by atoms with Crippen molar-refractivity contribution in [3.05, 3.63) is 105 Å². The Morgan fingerprint density at radius 2 is 1.90 bits per heavy atom. The number of benzene rings is 3. The predicted molar refractivity (Wildman–Crippen MR) is 114 cm³/mol. The molecule has 1 heterocycles. The van der Waals surface area contributed by atoms with Gasteiger partial charge < -0.3 is 19.4 Å². The van der Waals surface area contributed by atoms with Crippen LogP contribution >= 0.6 is 0 Å². The monoisotopic (exact) mass is 417 g/mol. The fraction of sp³-hybridized carbons (Fsp3) is 0.125. The van der Waals surface area contributed by atoms with Crippen molar-refractivity contribution in [1.29, 1.82) is 0 Å². The van der Waals surface area contributed by atoms with Gasteiger partial charge in [0.25, 0.3) is 0 Å². The van der Waals surface area contributed by atoms with Gasteiger partial charge in [0.15, 0.2) is 11.5 Å². The summed E-state index contributed by atoms with van der Waals surface area (Å²) in [5.41, 5.74) is 2.02. The second-order valence-corrected chi connectivity index (χ2v) is 7.19. The van der Waals surface area contributed by atoms with Gasteiger partial charge in [-0.15, -0.1) is 0 Å². The van der Waals surface area contributed by atoms with E-state index in [2.05, 4.69) is 0 Å². The van der Waals surface area contributed by atoms with Crippen LogP contribution in [0.15, 0.2) is 72.5 Å². The summed E-state index contributed by atoms with van der Waals surface area (Å²) in [6.45, 7) is 2.03. The van der Waals surface area contributed by atoms with E-state index in [1.807, 2.05) is 30.3 Å². The number of hydrogen-bond donors (Lipinski definition) is 1. The molecule has 3 aromatic rings. The minimum absolute atomic E-state index is 0.0123. The fourth-order valence-corrected chi connectivity index (χ4v) is 3.51. The first kappa shape index (κ1) is 20.2. The van der Waals surface area contributed by atoms with Crippen LogP contribution in [-0.4, -0.2) is 16.3 Å². The highest BCUT2D eigenvalue weighted by Crippen LogP contribution is 2.46. The molecule has 1 aliphatic rings. The molecule has 0 saturated heterocycles. The summed E-state index contributed by atoms with van der Waals surface area (Å²) >= 11 is 0. The van der Waals surface area contributed by atoms with Gasteiger partial charge in [-0.25, -0.2) is 0 Å². The van der Waals surface area contributed by atoms with Crippen LogP contribution in [0, 0.1) is 17.0 Å². The molecular weight excluding hydrogens is 398 g/mol. The number of allylic oxidation sites excluding steroid dienone is 1. The highest BCUT2D eigenvalue weighted by Gasteiger charge is 2.35. The Hall–Kier alpha value is -4.13. The molecule has 1 N–H and O–H groups in total. The zero-order valence-electron chi connectivity index (χ0n) is 16.6. The van der Waals surface area contributed by atoms with Gasteiger partial charge in [0, 0.05) is 17.2 Å². The number of hydrogen-bond acceptors (Lipinski definition) is 6. The molecule has 0 radical (unpaired) electrons. The molecule has 0 saturated carbocycles. The van der Waals surface area contributed by atoms with Crippen molar-refractivity contribution in [3.8, 4) is 11.5 Å². The first-order valence-electron chi connectivity index (χ1n) is 9.60. The zero-order valence-corrected chi connectivity index (χ0v) is 16.6. The number of carbonyl (C=O) groups excluding carboxylic acids is 1. The van der Waals surface area contributed by atoms with Crippen LogP contribution in [0.3, 0.4) is 0 Å². The van der Waals surface area contributed by atoms with Gasteiger partial charge in [-0.1, -0.05) is 48.5 Å². The molecule has 31 heavy (non-hydrogen) atoms. The number of rotatable bonds is 6. The van der Waals surface area contributed by atoms with Gasteiger partial charge in [0.05, 0.1) is 4.92 Å². The molecule has 1 aliphatic heterocycles. The molecule has 3 aromatic carbocycles. The summed E-state index contributed by atoms with van der Waals surface area (Å²) in [6, 6.07) is 19.4. The number of fused-ring (bicyclic) bond motifs is 1. The Bertz CT molecular complexity index is 1190. The molecule has 0 aliphatic carbocycles. The van der Waals surface area contributed by atoms with E-state index in [4.69, 9.17) is 9.47 Å². The Morgan fingerprint density at radius 1 is 1.13 bits per heavy atom. The van der Waals surface area contributed by atoms with E-state index in [1.165, 1.54) is 6.07 Å². The highest BCUT2D eigenvalue weighted by atomic mass is 16.6. The normalized spacial score (nSPS) is 15.1. The van der Waals surface area contributed by atoms with E-state index in [0.29, 0.717) is 29.8 Å². The van der Waals surface area contributed by atoms with Crippen molar-refractivity contribution in [1.82, 2.24) is 0 Å². The summed E-state index contributed by atoms with van der Waals surface area (Å²) in [4.78, 5) is 22.8. The minimum Gasteiger partial charge on any atom is -0.507 e. The van der Waals surface area contributed by atoms with Gasteiger partial charge >= 0.3 is 5.69 Å². The van der Waals surface area contributed by atoms with Crippen LogP contribution in [0.4, 0.5) is 5.69 Å². The molecule has 7 nitrogen and oxygen atoms in total. The summed E-state index contributed by atoms with van der Waals surface area (Å²) in [6.07, 6.45) is 0.551. The molecule has 4 rings (SSSR count). The quantitative estimate of drug-likeness (QED) is 0.341. The maximum absolute atomic E-state index is 11.8. The van der Waals surface area contributed by atoms with E-state index in [-0.39, 0.29) is 28.5 Å². The maximum Gasteiger partial charge on any atom is 0.312 e. The average molecular weight is 417 g/mol. The third-order valence-corrected chi connectivity index (χ3v) is 4.99. The largest absolute Gasteiger partial charge is 0.507 e.